The number of nitrogens with one attached hydrogen (secondary N) is 2. The van der Waals surface area contributed by atoms with Gasteiger partial charge in [0, 0.05) is 35.7 Å². The number of likely N-dealkylation sites (N-methyl/N-ethyl adjacent to an activating group) is 1. The number of aromatic nitrogens is 2. The minimum absolute atomic E-state index is 0.246. The van der Waals surface area contributed by atoms with Crippen LogP contribution in [0.3, 0.4) is 0 Å². The van der Waals surface area contributed by atoms with E-state index < -0.39 is 5.82 Å². The molecule has 2 N–H and O–H groups in total. The molecule has 1 aliphatic heterocycles. The predicted molar refractivity (Wildman–Crippen MR) is 157 cm³/mol. The molecular formula is C30H29ClFN5O4. The standard InChI is InChI=1S/C30H29ClFN5O4/c1-37-11-5-7-19(37)9-10-29(38)35-24-13-21-23(15-27(24)39-2)33-17-34-30(21)36-25-14-22(31)26(16-28(25)40-3)41-20-8-4-6-18(32)12-20/h4,6,8-10,12-17,19H,5,7,11H2,1-3H3,(H,35,38)(H,33,34,36)/b10-9+/t19-/m1/s1. The highest BCUT2D eigenvalue weighted by Gasteiger charge is 2.19. The van der Waals surface area contributed by atoms with Crippen LogP contribution in [0.15, 0.2) is 67.0 Å². The summed E-state index contributed by atoms with van der Waals surface area (Å²) >= 11 is 6.52. The molecule has 0 aliphatic carbocycles. The van der Waals surface area contributed by atoms with E-state index in [2.05, 4.69) is 25.5 Å². The molecule has 0 radical (unpaired) electrons. The Morgan fingerprint density at radius 1 is 1.07 bits per heavy atom. The Balaban J connectivity index is 1.43. The summed E-state index contributed by atoms with van der Waals surface area (Å²) in [5.74, 6) is 1.21. The number of hydrogen-bond acceptors (Lipinski definition) is 8. The van der Waals surface area contributed by atoms with E-state index in [9.17, 15) is 9.18 Å². The zero-order chi connectivity index (χ0) is 28.9. The first-order chi connectivity index (χ1) is 19.8. The highest BCUT2D eigenvalue weighted by atomic mass is 35.5. The van der Waals surface area contributed by atoms with Crippen molar-refractivity contribution in [1.82, 2.24) is 14.9 Å². The summed E-state index contributed by atoms with van der Waals surface area (Å²) in [6.07, 6.45) is 7.02. The number of nitrogens with zero attached hydrogens (tertiary/aromatic N) is 3. The maximum Gasteiger partial charge on any atom is 0.248 e. The molecule has 1 fully saturated rings. The number of amides is 1. The van der Waals surface area contributed by atoms with Crippen molar-refractivity contribution in [1.29, 1.82) is 0 Å². The van der Waals surface area contributed by atoms with Crippen LogP contribution in [0.25, 0.3) is 10.9 Å². The average Bonchev–Trinajstić information content (AvgIpc) is 3.37. The monoisotopic (exact) mass is 577 g/mol. The normalized spacial score (nSPS) is 15.3. The number of methoxy groups -OCH3 is 2. The Morgan fingerprint density at radius 2 is 1.88 bits per heavy atom. The maximum absolute atomic E-state index is 13.6. The third-order valence-corrected chi connectivity index (χ3v) is 7.09. The van der Waals surface area contributed by atoms with Gasteiger partial charge < -0.3 is 24.8 Å². The molecule has 0 saturated carbocycles. The van der Waals surface area contributed by atoms with Crippen LogP contribution in [0.2, 0.25) is 5.02 Å². The molecule has 1 saturated heterocycles. The molecule has 0 bridgehead atoms. The topological polar surface area (TPSA) is 97.8 Å². The number of ether oxygens (including phenoxy) is 3. The van der Waals surface area contributed by atoms with Crippen molar-refractivity contribution in [3.05, 3.63) is 77.9 Å². The fourth-order valence-corrected chi connectivity index (χ4v) is 4.87. The van der Waals surface area contributed by atoms with E-state index >= 15 is 0 Å². The molecule has 41 heavy (non-hydrogen) atoms. The molecular weight excluding hydrogens is 549 g/mol. The van der Waals surface area contributed by atoms with Crippen LogP contribution in [0.5, 0.6) is 23.0 Å². The molecule has 1 aromatic heterocycles. The van der Waals surface area contributed by atoms with Crippen molar-refractivity contribution in [2.24, 2.45) is 0 Å². The Hall–Kier alpha value is -4.41. The van der Waals surface area contributed by atoms with Crippen molar-refractivity contribution in [2.45, 2.75) is 18.9 Å². The predicted octanol–water partition coefficient (Wildman–Crippen LogP) is 6.56. The van der Waals surface area contributed by atoms with Gasteiger partial charge in [-0.1, -0.05) is 23.7 Å². The van der Waals surface area contributed by atoms with Crippen LogP contribution in [-0.4, -0.2) is 54.6 Å². The van der Waals surface area contributed by atoms with Crippen molar-refractivity contribution in [3.8, 4) is 23.0 Å². The van der Waals surface area contributed by atoms with Gasteiger partial charge in [0.15, 0.2) is 0 Å². The molecule has 9 nitrogen and oxygen atoms in total. The molecule has 1 aliphatic rings. The summed E-state index contributed by atoms with van der Waals surface area (Å²) in [6, 6.07) is 12.7. The Labute approximate surface area is 241 Å². The number of carbonyl (C=O) groups is 1. The van der Waals surface area contributed by atoms with E-state index in [1.54, 1.807) is 42.5 Å². The smallest absolute Gasteiger partial charge is 0.248 e. The van der Waals surface area contributed by atoms with E-state index in [0.717, 1.165) is 19.4 Å². The van der Waals surface area contributed by atoms with Gasteiger partial charge in [-0.2, -0.15) is 0 Å². The quantitative estimate of drug-likeness (QED) is 0.216. The Morgan fingerprint density at radius 3 is 2.61 bits per heavy atom. The number of benzene rings is 3. The lowest BCUT2D eigenvalue weighted by atomic mass is 10.1. The van der Waals surface area contributed by atoms with E-state index in [4.69, 9.17) is 25.8 Å². The number of hydrogen-bond donors (Lipinski definition) is 2. The molecule has 3 aromatic carbocycles. The van der Waals surface area contributed by atoms with Gasteiger partial charge in [-0.05, 0) is 50.7 Å². The van der Waals surface area contributed by atoms with Crippen molar-refractivity contribution >= 4 is 45.6 Å². The van der Waals surface area contributed by atoms with Crippen LogP contribution in [0, 0.1) is 5.82 Å². The third kappa shape index (κ3) is 6.50. The first kappa shape index (κ1) is 28.1. The first-order valence-corrected chi connectivity index (χ1v) is 13.3. The molecule has 1 amide bonds. The number of halogens is 2. The van der Waals surface area contributed by atoms with Gasteiger partial charge in [0.05, 0.1) is 36.1 Å². The fourth-order valence-electron chi connectivity index (χ4n) is 4.67. The van der Waals surface area contributed by atoms with Crippen LogP contribution in [-0.2, 0) is 4.79 Å². The number of fused-ring (bicyclic) bond motifs is 1. The van der Waals surface area contributed by atoms with Gasteiger partial charge in [0.1, 0.15) is 41.0 Å². The van der Waals surface area contributed by atoms with E-state index in [-0.39, 0.29) is 17.0 Å². The largest absolute Gasteiger partial charge is 0.494 e. The number of likely N-dealkylation sites (tertiary alicyclic amines) is 1. The maximum atomic E-state index is 13.6. The summed E-state index contributed by atoms with van der Waals surface area (Å²) in [5.41, 5.74) is 1.57. The summed E-state index contributed by atoms with van der Waals surface area (Å²) in [6.45, 7) is 1.02. The highest BCUT2D eigenvalue weighted by molar-refractivity contribution is 6.32. The number of rotatable bonds is 9. The molecule has 0 spiro atoms. The molecule has 212 valence electrons. The molecule has 5 rings (SSSR count). The average molecular weight is 578 g/mol. The van der Waals surface area contributed by atoms with Crippen molar-refractivity contribution in [3.63, 3.8) is 0 Å². The molecule has 1 atom stereocenters. The summed E-state index contributed by atoms with van der Waals surface area (Å²) in [5, 5.41) is 7.05. The SMILES string of the molecule is COc1cc2ncnc(Nc3cc(Cl)c(Oc4cccc(F)c4)cc3OC)c2cc1NC(=O)/C=C/[C@H]1CCCN1C. The lowest BCUT2D eigenvalue weighted by molar-refractivity contribution is -0.111. The van der Waals surface area contributed by atoms with Gasteiger partial charge in [0.25, 0.3) is 0 Å². The Bertz CT molecular complexity index is 1620. The van der Waals surface area contributed by atoms with E-state index in [1.807, 2.05) is 13.1 Å². The molecule has 0 unspecified atom stereocenters. The lowest BCUT2D eigenvalue weighted by Gasteiger charge is -2.16. The van der Waals surface area contributed by atoms with Crippen molar-refractivity contribution < 1.29 is 23.4 Å². The van der Waals surface area contributed by atoms with Crippen LogP contribution < -0.4 is 24.8 Å². The highest BCUT2D eigenvalue weighted by Crippen LogP contribution is 2.40. The van der Waals surface area contributed by atoms with Gasteiger partial charge in [-0.15, -0.1) is 0 Å². The minimum Gasteiger partial charge on any atom is -0.494 e. The fraction of sp³-hybridized carbons (Fsp3) is 0.233. The number of anilines is 3. The first-order valence-electron chi connectivity index (χ1n) is 12.9. The van der Waals surface area contributed by atoms with Crippen LogP contribution in [0.1, 0.15) is 12.8 Å². The summed E-state index contributed by atoms with van der Waals surface area (Å²) < 4.78 is 30.5. The minimum atomic E-state index is -0.427. The second-order valence-corrected chi connectivity index (χ2v) is 9.91. The second-order valence-electron chi connectivity index (χ2n) is 9.50. The van der Waals surface area contributed by atoms with Crippen LogP contribution in [0.4, 0.5) is 21.6 Å². The molecule has 2 heterocycles. The Kier molecular flexibility index (Phi) is 8.51. The molecule has 4 aromatic rings. The molecule has 11 heteroatoms. The van der Waals surface area contributed by atoms with Gasteiger partial charge >= 0.3 is 0 Å². The van der Waals surface area contributed by atoms with Gasteiger partial charge in [-0.3, -0.25) is 9.69 Å². The summed E-state index contributed by atoms with van der Waals surface area (Å²) in [4.78, 5) is 23.8. The van der Waals surface area contributed by atoms with Gasteiger partial charge in [0.2, 0.25) is 5.91 Å². The summed E-state index contributed by atoms with van der Waals surface area (Å²) in [7, 11) is 5.09. The van der Waals surface area contributed by atoms with Crippen LogP contribution >= 0.6 is 11.6 Å². The third-order valence-electron chi connectivity index (χ3n) is 6.79. The van der Waals surface area contributed by atoms with E-state index in [1.165, 1.54) is 32.7 Å². The second kappa shape index (κ2) is 12.4. The van der Waals surface area contributed by atoms with E-state index in [0.29, 0.717) is 51.1 Å². The van der Waals surface area contributed by atoms with Crippen molar-refractivity contribution in [2.75, 3.05) is 38.4 Å². The zero-order valence-electron chi connectivity index (χ0n) is 22.8. The number of carbonyl (C=O) groups excluding carboxylic acids is 1. The van der Waals surface area contributed by atoms with Gasteiger partial charge in [-0.25, -0.2) is 14.4 Å². The lowest BCUT2D eigenvalue weighted by Crippen LogP contribution is -2.23. The zero-order valence-corrected chi connectivity index (χ0v) is 23.5.